The van der Waals surface area contributed by atoms with E-state index in [1.165, 1.54) is 11.8 Å². The van der Waals surface area contributed by atoms with E-state index >= 15 is 0 Å². The second-order valence-corrected chi connectivity index (χ2v) is 6.19. The molecule has 1 aromatic carbocycles. The van der Waals surface area contributed by atoms with Crippen molar-refractivity contribution in [1.29, 1.82) is 0 Å². The van der Waals surface area contributed by atoms with Gasteiger partial charge >= 0.3 is 0 Å². The summed E-state index contributed by atoms with van der Waals surface area (Å²) < 4.78 is 0.944. The van der Waals surface area contributed by atoms with Crippen molar-refractivity contribution in [3.63, 3.8) is 0 Å². The third kappa shape index (κ3) is 3.59. The van der Waals surface area contributed by atoms with Crippen LogP contribution in [0.5, 0.6) is 0 Å². The summed E-state index contributed by atoms with van der Waals surface area (Å²) in [6.07, 6.45) is 1.75. The number of nitrogens with zero attached hydrogens (tertiary/aromatic N) is 3. The van der Waals surface area contributed by atoms with E-state index < -0.39 is 0 Å². The van der Waals surface area contributed by atoms with E-state index in [1.807, 2.05) is 42.5 Å². The van der Waals surface area contributed by atoms with E-state index in [0.29, 0.717) is 11.6 Å². The SMILES string of the molecule is Nc1cc(Sc2ccc(Br)cn2)nc(-c2ccccc2)n1. The molecule has 0 aliphatic heterocycles. The zero-order valence-corrected chi connectivity index (χ0v) is 13.3. The van der Waals surface area contributed by atoms with Gasteiger partial charge in [0.2, 0.25) is 0 Å². The van der Waals surface area contributed by atoms with Crippen LogP contribution in [0.2, 0.25) is 0 Å². The Balaban J connectivity index is 1.93. The highest BCUT2D eigenvalue weighted by molar-refractivity contribution is 9.10. The maximum atomic E-state index is 5.88. The lowest BCUT2D eigenvalue weighted by Crippen LogP contribution is -1.97. The van der Waals surface area contributed by atoms with Crippen molar-refractivity contribution < 1.29 is 0 Å². The minimum atomic E-state index is 0.448. The number of hydrogen-bond donors (Lipinski definition) is 1. The molecule has 0 fully saturated rings. The molecule has 0 aliphatic rings. The maximum absolute atomic E-state index is 5.88. The highest BCUT2D eigenvalue weighted by atomic mass is 79.9. The largest absolute Gasteiger partial charge is 0.384 e. The number of rotatable bonds is 3. The molecule has 0 amide bonds. The summed E-state index contributed by atoms with van der Waals surface area (Å²) in [4.78, 5) is 13.1. The second-order valence-electron chi connectivity index (χ2n) is 4.24. The summed E-state index contributed by atoms with van der Waals surface area (Å²) in [5.74, 6) is 1.07. The Bertz CT molecular complexity index is 747. The van der Waals surface area contributed by atoms with Crippen molar-refractivity contribution in [1.82, 2.24) is 15.0 Å². The molecule has 0 aliphatic carbocycles. The predicted molar refractivity (Wildman–Crippen MR) is 87.9 cm³/mol. The molecule has 0 spiro atoms. The Morgan fingerprint density at radius 2 is 1.76 bits per heavy atom. The zero-order chi connectivity index (χ0) is 14.7. The average molecular weight is 359 g/mol. The predicted octanol–water partition coefficient (Wildman–Crippen LogP) is 4.03. The Morgan fingerprint density at radius 1 is 0.952 bits per heavy atom. The van der Waals surface area contributed by atoms with E-state index in [1.54, 1.807) is 12.3 Å². The molecule has 2 aromatic heterocycles. The molecule has 0 unspecified atom stereocenters. The van der Waals surface area contributed by atoms with Crippen molar-refractivity contribution in [2.45, 2.75) is 10.1 Å². The minimum Gasteiger partial charge on any atom is -0.384 e. The Kier molecular flexibility index (Phi) is 4.17. The summed E-state index contributed by atoms with van der Waals surface area (Å²) in [7, 11) is 0. The number of anilines is 1. The van der Waals surface area contributed by atoms with Gasteiger partial charge in [0.15, 0.2) is 5.82 Å². The van der Waals surface area contributed by atoms with Gasteiger partial charge in [0.25, 0.3) is 0 Å². The first-order valence-corrected chi connectivity index (χ1v) is 7.81. The first-order valence-electron chi connectivity index (χ1n) is 6.20. The molecule has 4 nitrogen and oxygen atoms in total. The van der Waals surface area contributed by atoms with E-state index in [0.717, 1.165) is 20.1 Å². The molecular weight excluding hydrogens is 348 g/mol. The summed E-state index contributed by atoms with van der Waals surface area (Å²) >= 11 is 4.82. The number of hydrogen-bond acceptors (Lipinski definition) is 5. The number of halogens is 1. The van der Waals surface area contributed by atoms with Crippen LogP contribution in [0.15, 0.2) is 69.3 Å². The number of benzene rings is 1. The van der Waals surface area contributed by atoms with Gasteiger partial charge in [-0.3, -0.25) is 0 Å². The number of aromatic nitrogens is 3. The van der Waals surface area contributed by atoms with Gasteiger partial charge in [-0.1, -0.05) is 30.3 Å². The molecule has 0 atom stereocenters. The summed E-state index contributed by atoms with van der Waals surface area (Å²) in [5, 5.41) is 1.63. The monoisotopic (exact) mass is 358 g/mol. The van der Waals surface area contributed by atoms with Gasteiger partial charge in [0.05, 0.1) is 0 Å². The van der Waals surface area contributed by atoms with Gasteiger partial charge in [0, 0.05) is 22.3 Å². The summed E-state index contributed by atoms with van der Waals surface area (Å²) in [6.45, 7) is 0. The number of pyridine rings is 1. The van der Waals surface area contributed by atoms with Crippen molar-refractivity contribution in [2.75, 3.05) is 5.73 Å². The van der Waals surface area contributed by atoms with Crippen LogP contribution < -0.4 is 5.73 Å². The third-order valence-electron chi connectivity index (χ3n) is 2.66. The molecule has 2 N–H and O–H groups in total. The smallest absolute Gasteiger partial charge is 0.162 e. The first kappa shape index (κ1) is 14.0. The average Bonchev–Trinajstić information content (AvgIpc) is 2.50. The lowest BCUT2D eigenvalue weighted by Gasteiger charge is -2.05. The van der Waals surface area contributed by atoms with E-state index in [4.69, 9.17) is 5.73 Å². The molecule has 104 valence electrons. The van der Waals surface area contributed by atoms with Crippen LogP contribution in [0.25, 0.3) is 11.4 Å². The molecule has 2 heterocycles. The fourth-order valence-corrected chi connectivity index (χ4v) is 2.74. The zero-order valence-electron chi connectivity index (χ0n) is 10.9. The maximum Gasteiger partial charge on any atom is 0.162 e. The van der Waals surface area contributed by atoms with Gasteiger partial charge in [-0.2, -0.15) is 0 Å². The quantitative estimate of drug-likeness (QED) is 0.715. The van der Waals surface area contributed by atoms with Crippen LogP contribution in [-0.2, 0) is 0 Å². The molecule has 21 heavy (non-hydrogen) atoms. The minimum absolute atomic E-state index is 0.448. The van der Waals surface area contributed by atoms with Crippen molar-refractivity contribution in [3.8, 4) is 11.4 Å². The van der Waals surface area contributed by atoms with Crippen LogP contribution in [0.4, 0.5) is 5.82 Å². The van der Waals surface area contributed by atoms with Crippen LogP contribution >= 0.6 is 27.7 Å². The van der Waals surface area contributed by atoms with Crippen molar-refractivity contribution in [3.05, 3.63) is 59.2 Å². The van der Waals surface area contributed by atoms with E-state index in [9.17, 15) is 0 Å². The lowest BCUT2D eigenvalue weighted by atomic mass is 10.2. The highest BCUT2D eigenvalue weighted by Crippen LogP contribution is 2.28. The first-order chi connectivity index (χ1) is 10.2. The fourth-order valence-electron chi connectivity index (χ4n) is 1.74. The Labute approximate surface area is 135 Å². The second kappa shape index (κ2) is 6.24. The molecule has 0 bridgehead atoms. The van der Waals surface area contributed by atoms with Crippen LogP contribution in [0, 0.1) is 0 Å². The fraction of sp³-hybridized carbons (Fsp3) is 0. The standard InChI is InChI=1S/C15H11BrN4S/c16-11-6-7-13(18-9-11)21-14-8-12(17)19-15(20-14)10-4-2-1-3-5-10/h1-9H,(H2,17,19,20). The van der Waals surface area contributed by atoms with Crippen LogP contribution in [0.1, 0.15) is 0 Å². The Hall–Kier alpha value is -1.92. The molecule has 0 radical (unpaired) electrons. The van der Waals surface area contributed by atoms with Gasteiger partial charge in [-0.15, -0.1) is 0 Å². The van der Waals surface area contributed by atoms with E-state index in [2.05, 4.69) is 30.9 Å². The summed E-state index contributed by atoms with van der Waals surface area (Å²) in [6, 6.07) is 15.4. The van der Waals surface area contributed by atoms with Gasteiger partial charge in [-0.25, -0.2) is 15.0 Å². The van der Waals surface area contributed by atoms with Gasteiger partial charge in [-0.05, 0) is 39.8 Å². The molecule has 3 rings (SSSR count). The van der Waals surface area contributed by atoms with E-state index in [-0.39, 0.29) is 0 Å². The van der Waals surface area contributed by atoms with Crippen molar-refractivity contribution in [2.24, 2.45) is 0 Å². The lowest BCUT2D eigenvalue weighted by molar-refractivity contribution is 1.05. The number of nitrogens with two attached hydrogens (primary N) is 1. The Morgan fingerprint density at radius 3 is 2.48 bits per heavy atom. The molecule has 3 aromatic rings. The molecular formula is C15H11BrN4S. The van der Waals surface area contributed by atoms with Gasteiger partial charge in [0.1, 0.15) is 15.9 Å². The van der Waals surface area contributed by atoms with Crippen LogP contribution in [-0.4, -0.2) is 15.0 Å². The highest BCUT2D eigenvalue weighted by Gasteiger charge is 2.07. The normalized spacial score (nSPS) is 10.5. The molecule has 6 heteroatoms. The summed E-state index contributed by atoms with van der Waals surface area (Å²) in [5.41, 5.74) is 6.82. The molecule has 0 saturated carbocycles. The van der Waals surface area contributed by atoms with Crippen molar-refractivity contribution >= 4 is 33.5 Å². The van der Waals surface area contributed by atoms with Gasteiger partial charge < -0.3 is 5.73 Å². The third-order valence-corrected chi connectivity index (χ3v) is 4.00. The number of nitrogen functional groups attached to an aromatic ring is 1. The topological polar surface area (TPSA) is 64.7 Å². The molecule has 0 saturated heterocycles. The van der Waals surface area contributed by atoms with Crippen LogP contribution in [0.3, 0.4) is 0 Å².